The van der Waals surface area contributed by atoms with Crippen molar-refractivity contribution in [2.45, 2.75) is 66.4 Å². The average molecular weight is 212 g/mol. The zero-order valence-electron chi connectivity index (χ0n) is 11.2. The molecular formula is C14H28O. The van der Waals surface area contributed by atoms with Crippen LogP contribution in [0.4, 0.5) is 0 Å². The summed E-state index contributed by atoms with van der Waals surface area (Å²) in [7, 11) is 0. The maximum Gasteiger partial charge on any atom is 0.0575 e. The van der Waals surface area contributed by atoms with Gasteiger partial charge < -0.3 is 4.74 Å². The van der Waals surface area contributed by atoms with E-state index in [1.807, 2.05) is 0 Å². The highest BCUT2D eigenvalue weighted by Gasteiger charge is 2.24. The van der Waals surface area contributed by atoms with E-state index in [4.69, 9.17) is 4.74 Å². The highest BCUT2D eigenvalue weighted by Crippen LogP contribution is 2.31. The van der Waals surface area contributed by atoms with E-state index < -0.39 is 0 Å². The van der Waals surface area contributed by atoms with Crippen LogP contribution in [0.15, 0.2) is 0 Å². The minimum atomic E-state index is 0.314. The van der Waals surface area contributed by atoms with Gasteiger partial charge in [-0.05, 0) is 42.9 Å². The summed E-state index contributed by atoms with van der Waals surface area (Å²) in [6.07, 6.45) is 5.83. The van der Waals surface area contributed by atoms with Crippen molar-refractivity contribution in [1.82, 2.24) is 0 Å². The fourth-order valence-electron chi connectivity index (χ4n) is 2.29. The first-order chi connectivity index (χ1) is 6.88. The Kier molecular flexibility index (Phi) is 4.64. The lowest BCUT2D eigenvalue weighted by Crippen LogP contribution is -2.27. The Morgan fingerprint density at radius 3 is 2.00 bits per heavy atom. The molecule has 0 N–H and O–H groups in total. The molecule has 1 nitrogen and oxygen atoms in total. The first-order valence-corrected chi connectivity index (χ1v) is 6.50. The Hall–Kier alpha value is -0.0400. The highest BCUT2D eigenvalue weighted by atomic mass is 16.5. The van der Waals surface area contributed by atoms with Gasteiger partial charge in [-0.1, -0.05) is 34.6 Å². The molecule has 1 fully saturated rings. The van der Waals surface area contributed by atoms with E-state index in [0.29, 0.717) is 11.5 Å². The van der Waals surface area contributed by atoms with Gasteiger partial charge in [0.25, 0.3) is 0 Å². The molecule has 1 saturated carbocycles. The Labute approximate surface area is 95.6 Å². The predicted octanol–water partition coefficient (Wildman–Crippen LogP) is 4.26. The van der Waals surface area contributed by atoms with Crippen molar-refractivity contribution in [1.29, 1.82) is 0 Å². The van der Waals surface area contributed by atoms with Gasteiger partial charge in [0.2, 0.25) is 0 Å². The van der Waals surface area contributed by atoms with E-state index in [-0.39, 0.29) is 0 Å². The third kappa shape index (κ3) is 5.01. The van der Waals surface area contributed by atoms with Crippen molar-refractivity contribution in [2.75, 3.05) is 6.61 Å². The summed E-state index contributed by atoms with van der Waals surface area (Å²) in [6, 6.07) is 0. The lowest BCUT2D eigenvalue weighted by atomic mass is 9.80. The minimum absolute atomic E-state index is 0.314. The van der Waals surface area contributed by atoms with Gasteiger partial charge in [-0.15, -0.1) is 0 Å². The third-order valence-corrected chi connectivity index (χ3v) is 3.41. The van der Waals surface area contributed by atoms with Crippen LogP contribution in [0.1, 0.15) is 60.3 Å². The molecule has 0 aliphatic heterocycles. The first kappa shape index (κ1) is 13.0. The molecule has 1 heteroatoms. The molecule has 0 aromatic heterocycles. The molecule has 0 bridgehead atoms. The number of ether oxygens (including phenoxy) is 1. The SMILES string of the molecule is CC(C)[C@H]1CC[C@H](OCC(C)(C)C)CC1. The van der Waals surface area contributed by atoms with Crippen LogP contribution in [0.5, 0.6) is 0 Å². The monoisotopic (exact) mass is 212 g/mol. The van der Waals surface area contributed by atoms with Crippen LogP contribution in [-0.4, -0.2) is 12.7 Å². The Morgan fingerprint density at radius 1 is 1.07 bits per heavy atom. The summed E-state index contributed by atoms with van der Waals surface area (Å²) in [5.74, 6) is 1.80. The summed E-state index contributed by atoms with van der Waals surface area (Å²) < 4.78 is 5.98. The fourth-order valence-corrected chi connectivity index (χ4v) is 2.29. The molecule has 0 heterocycles. The van der Waals surface area contributed by atoms with Crippen LogP contribution in [0.2, 0.25) is 0 Å². The van der Waals surface area contributed by atoms with Crippen LogP contribution in [0.3, 0.4) is 0 Å². The van der Waals surface area contributed by atoms with Gasteiger partial charge in [0, 0.05) is 0 Å². The van der Waals surface area contributed by atoms with Crippen molar-refractivity contribution >= 4 is 0 Å². The quantitative estimate of drug-likeness (QED) is 0.679. The second-order valence-corrected chi connectivity index (χ2v) is 6.65. The number of hydrogen-bond acceptors (Lipinski definition) is 1. The molecule has 0 spiro atoms. The van der Waals surface area contributed by atoms with Gasteiger partial charge in [-0.3, -0.25) is 0 Å². The Morgan fingerprint density at radius 2 is 1.60 bits per heavy atom. The number of hydrogen-bond donors (Lipinski definition) is 0. The van der Waals surface area contributed by atoms with E-state index >= 15 is 0 Å². The van der Waals surface area contributed by atoms with Crippen molar-refractivity contribution < 1.29 is 4.74 Å². The fraction of sp³-hybridized carbons (Fsp3) is 1.00. The smallest absolute Gasteiger partial charge is 0.0575 e. The summed E-state index contributed by atoms with van der Waals surface area (Å²) in [4.78, 5) is 0. The molecule has 90 valence electrons. The van der Waals surface area contributed by atoms with Crippen molar-refractivity contribution in [2.24, 2.45) is 17.3 Å². The second kappa shape index (κ2) is 5.34. The van der Waals surface area contributed by atoms with Gasteiger partial charge in [0.15, 0.2) is 0 Å². The molecule has 0 saturated heterocycles. The molecule has 15 heavy (non-hydrogen) atoms. The molecular weight excluding hydrogens is 184 g/mol. The highest BCUT2D eigenvalue weighted by molar-refractivity contribution is 4.75. The van der Waals surface area contributed by atoms with Gasteiger partial charge in [0.05, 0.1) is 12.7 Å². The minimum Gasteiger partial charge on any atom is -0.378 e. The number of rotatable bonds is 3. The van der Waals surface area contributed by atoms with E-state index in [1.165, 1.54) is 25.7 Å². The van der Waals surface area contributed by atoms with Crippen LogP contribution in [0, 0.1) is 17.3 Å². The molecule has 0 aromatic rings. The van der Waals surface area contributed by atoms with E-state index in [9.17, 15) is 0 Å². The summed E-state index contributed by atoms with van der Waals surface area (Å²) >= 11 is 0. The van der Waals surface area contributed by atoms with Gasteiger partial charge in [-0.25, -0.2) is 0 Å². The normalized spacial score (nSPS) is 28.4. The van der Waals surface area contributed by atoms with Crippen molar-refractivity contribution in [3.8, 4) is 0 Å². The lowest BCUT2D eigenvalue weighted by molar-refractivity contribution is -0.0202. The Bertz CT molecular complexity index is 170. The van der Waals surface area contributed by atoms with Gasteiger partial charge in [-0.2, -0.15) is 0 Å². The molecule has 1 aliphatic carbocycles. The molecule has 1 aliphatic rings. The summed E-state index contributed by atoms with van der Waals surface area (Å²) in [5, 5.41) is 0. The van der Waals surface area contributed by atoms with Crippen LogP contribution in [-0.2, 0) is 4.74 Å². The molecule has 0 amide bonds. The molecule has 0 unspecified atom stereocenters. The molecule has 0 radical (unpaired) electrons. The standard InChI is InChI=1S/C14H28O/c1-11(2)12-6-8-13(9-7-12)15-10-14(3,4)5/h11-13H,6-10H2,1-5H3/t12-,13-. The molecule has 0 aromatic carbocycles. The van der Waals surface area contributed by atoms with Gasteiger partial charge >= 0.3 is 0 Å². The lowest BCUT2D eigenvalue weighted by Gasteiger charge is -2.32. The first-order valence-electron chi connectivity index (χ1n) is 6.50. The predicted molar refractivity (Wildman–Crippen MR) is 66.0 cm³/mol. The van der Waals surface area contributed by atoms with Crippen LogP contribution in [0.25, 0.3) is 0 Å². The summed E-state index contributed by atoms with van der Waals surface area (Å²) in [5.41, 5.74) is 0.314. The Balaban J connectivity index is 2.20. The maximum absolute atomic E-state index is 5.98. The zero-order chi connectivity index (χ0) is 11.5. The largest absolute Gasteiger partial charge is 0.378 e. The van der Waals surface area contributed by atoms with Crippen molar-refractivity contribution in [3.05, 3.63) is 0 Å². The second-order valence-electron chi connectivity index (χ2n) is 6.65. The van der Waals surface area contributed by atoms with E-state index in [2.05, 4.69) is 34.6 Å². The van der Waals surface area contributed by atoms with Crippen molar-refractivity contribution in [3.63, 3.8) is 0 Å². The van der Waals surface area contributed by atoms with E-state index in [1.54, 1.807) is 0 Å². The van der Waals surface area contributed by atoms with Crippen LogP contribution < -0.4 is 0 Å². The molecule has 1 rings (SSSR count). The van der Waals surface area contributed by atoms with E-state index in [0.717, 1.165) is 18.4 Å². The zero-order valence-corrected chi connectivity index (χ0v) is 11.2. The third-order valence-electron chi connectivity index (χ3n) is 3.41. The van der Waals surface area contributed by atoms with Gasteiger partial charge in [0.1, 0.15) is 0 Å². The average Bonchev–Trinajstić information content (AvgIpc) is 2.14. The topological polar surface area (TPSA) is 9.23 Å². The van der Waals surface area contributed by atoms with Crippen LogP contribution >= 0.6 is 0 Å². The summed E-state index contributed by atoms with van der Waals surface area (Å²) in [6.45, 7) is 12.3. The maximum atomic E-state index is 5.98. The molecule has 0 atom stereocenters.